The Kier molecular flexibility index (Phi) is 3.01. The number of carbonyl (C=O) groups excluding carboxylic acids is 1. The Morgan fingerprint density at radius 2 is 2.11 bits per heavy atom. The van der Waals surface area contributed by atoms with Gasteiger partial charge >= 0.3 is 5.97 Å². The predicted octanol–water partition coefficient (Wildman–Crippen LogP) is 1.72. The number of amides is 1. The fourth-order valence-electron chi connectivity index (χ4n) is 3.14. The molecule has 1 aromatic carbocycles. The number of hydrogen-bond acceptors (Lipinski definition) is 2. The number of rotatable bonds is 2. The first-order valence-electron chi connectivity index (χ1n) is 6.79. The van der Waals surface area contributed by atoms with E-state index in [1.54, 1.807) is 4.90 Å². The number of aliphatic carboxylic acids is 1. The molecule has 1 heterocycles. The highest BCUT2D eigenvalue weighted by Crippen LogP contribution is 2.27. The van der Waals surface area contributed by atoms with Crippen molar-refractivity contribution >= 4 is 11.9 Å². The van der Waals surface area contributed by atoms with Crippen molar-refractivity contribution in [1.29, 1.82) is 0 Å². The van der Waals surface area contributed by atoms with Gasteiger partial charge in [0, 0.05) is 18.7 Å². The quantitative estimate of drug-likeness (QED) is 0.879. The maximum atomic E-state index is 12.5. The zero-order valence-corrected chi connectivity index (χ0v) is 10.8. The van der Waals surface area contributed by atoms with Crippen LogP contribution in [0.1, 0.15) is 34.3 Å². The highest BCUT2D eigenvalue weighted by molar-refractivity contribution is 5.96. The molecule has 4 heteroatoms. The molecular weight excluding hydrogens is 242 g/mol. The van der Waals surface area contributed by atoms with Crippen LogP contribution >= 0.6 is 0 Å². The fraction of sp³-hybridized carbons (Fsp3) is 0.467. The number of carboxylic acids is 1. The topological polar surface area (TPSA) is 57.6 Å². The number of carboxylic acid groups (broad SMARTS) is 1. The first-order chi connectivity index (χ1) is 9.16. The lowest BCUT2D eigenvalue weighted by Crippen LogP contribution is -2.30. The Bertz CT molecular complexity index is 538. The maximum absolute atomic E-state index is 12.5. The van der Waals surface area contributed by atoms with Gasteiger partial charge < -0.3 is 10.0 Å². The number of nitrogens with zero attached hydrogens (tertiary/aromatic N) is 1. The molecule has 1 atom stereocenters. The second-order valence-corrected chi connectivity index (χ2v) is 5.37. The molecule has 0 spiro atoms. The number of benzene rings is 1. The van der Waals surface area contributed by atoms with Crippen LogP contribution in [0.25, 0.3) is 0 Å². The molecule has 0 unspecified atom stereocenters. The molecule has 1 aromatic rings. The molecule has 1 fully saturated rings. The molecule has 0 saturated carbocycles. The van der Waals surface area contributed by atoms with E-state index in [9.17, 15) is 9.59 Å². The minimum Gasteiger partial charge on any atom is -0.481 e. The van der Waals surface area contributed by atoms with E-state index in [0.29, 0.717) is 19.5 Å². The molecule has 0 radical (unpaired) electrons. The van der Waals surface area contributed by atoms with Crippen molar-refractivity contribution in [3.05, 3.63) is 34.9 Å². The van der Waals surface area contributed by atoms with Gasteiger partial charge in [0.25, 0.3) is 5.91 Å². The van der Waals surface area contributed by atoms with Gasteiger partial charge in [0.2, 0.25) is 0 Å². The van der Waals surface area contributed by atoms with E-state index in [-0.39, 0.29) is 5.91 Å². The molecule has 4 nitrogen and oxygen atoms in total. The standard InChI is InChI=1S/C15H17NO3/c17-14(16-8-7-11(9-16)15(18)19)13-6-2-4-10-3-1-5-12(10)13/h2,4,6,11H,1,3,5,7-9H2,(H,18,19)/t11-/m1/s1. The third-order valence-electron chi connectivity index (χ3n) is 4.20. The van der Waals surface area contributed by atoms with Crippen LogP contribution < -0.4 is 0 Å². The van der Waals surface area contributed by atoms with Crippen molar-refractivity contribution in [2.45, 2.75) is 25.7 Å². The van der Waals surface area contributed by atoms with Crippen LogP contribution in [0.15, 0.2) is 18.2 Å². The highest BCUT2D eigenvalue weighted by atomic mass is 16.4. The zero-order valence-electron chi connectivity index (χ0n) is 10.8. The van der Waals surface area contributed by atoms with Crippen LogP contribution in [0, 0.1) is 5.92 Å². The van der Waals surface area contributed by atoms with Crippen LogP contribution in [0.5, 0.6) is 0 Å². The van der Waals surface area contributed by atoms with Crippen LogP contribution in [0.4, 0.5) is 0 Å². The van der Waals surface area contributed by atoms with Crippen molar-refractivity contribution in [3.8, 4) is 0 Å². The summed E-state index contributed by atoms with van der Waals surface area (Å²) in [7, 11) is 0. The van der Waals surface area contributed by atoms with Gasteiger partial charge in [-0.05, 0) is 42.9 Å². The second kappa shape index (κ2) is 4.68. The molecule has 0 aromatic heterocycles. The summed E-state index contributed by atoms with van der Waals surface area (Å²) in [6.07, 6.45) is 3.69. The summed E-state index contributed by atoms with van der Waals surface area (Å²) < 4.78 is 0. The zero-order chi connectivity index (χ0) is 13.4. The van der Waals surface area contributed by atoms with E-state index in [4.69, 9.17) is 5.11 Å². The Morgan fingerprint density at radius 1 is 1.26 bits per heavy atom. The second-order valence-electron chi connectivity index (χ2n) is 5.37. The number of carbonyl (C=O) groups is 2. The van der Waals surface area contributed by atoms with Crippen LogP contribution in [0.3, 0.4) is 0 Å². The van der Waals surface area contributed by atoms with Crippen molar-refractivity contribution in [2.75, 3.05) is 13.1 Å². The van der Waals surface area contributed by atoms with Gasteiger partial charge in [-0.1, -0.05) is 12.1 Å². The van der Waals surface area contributed by atoms with Crippen molar-refractivity contribution < 1.29 is 14.7 Å². The number of hydrogen-bond donors (Lipinski definition) is 1. The summed E-state index contributed by atoms with van der Waals surface area (Å²) in [5, 5.41) is 9.00. The summed E-state index contributed by atoms with van der Waals surface area (Å²) in [5.74, 6) is -1.20. The average Bonchev–Trinajstić information content (AvgIpc) is 3.06. The van der Waals surface area contributed by atoms with Gasteiger partial charge in [-0.2, -0.15) is 0 Å². The number of aryl methyl sites for hydroxylation is 1. The van der Waals surface area contributed by atoms with Crippen LogP contribution in [-0.2, 0) is 17.6 Å². The average molecular weight is 259 g/mol. The molecule has 1 aliphatic heterocycles. The lowest BCUT2D eigenvalue weighted by molar-refractivity contribution is -0.141. The van der Waals surface area contributed by atoms with Gasteiger partial charge in [0.15, 0.2) is 0 Å². The van der Waals surface area contributed by atoms with E-state index in [2.05, 4.69) is 6.07 Å². The number of fused-ring (bicyclic) bond motifs is 1. The molecule has 1 amide bonds. The van der Waals surface area contributed by atoms with Crippen molar-refractivity contribution in [2.24, 2.45) is 5.92 Å². The van der Waals surface area contributed by atoms with Crippen LogP contribution in [0.2, 0.25) is 0 Å². The molecule has 3 rings (SSSR count). The number of likely N-dealkylation sites (tertiary alicyclic amines) is 1. The van der Waals surface area contributed by atoms with Gasteiger partial charge in [0.1, 0.15) is 0 Å². The third-order valence-corrected chi connectivity index (χ3v) is 4.20. The fourth-order valence-corrected chi connectivity index (χ4v) is 3.14. The Morgan fingerprint density at radius 3 is 2.84 bits per heavy atom. The van der Waals surface area contributed by atoms with E-state index in [1.165, 1.54) is 11.1 Å². The SMILES string of the molecule is O=C(O)[C@@H]1CCN(C(=O)c2cccc3c2CCC3)C1. The van der Waals surface area contributed by atoms with E-state index in [0.717, 1.165) is 24.8 Å². The summed E-state index contributed by atoms with van der Waals surface area (Å²) in [4.78, 5) is 25.2. The summed E-state index contributed by atoms with van der Waals surface area (Å²) >= 11 is 0. The summed E-state index contributed by atoms with van der Waals surface area (Å²) in [5.41, 5.74) is 3.23. The third kappa shape index (κ3) is 2.11. The summed E-state index contributed by atoms with van der Waals surface area (Å²) in [6, 6.07) is 5.89. The van der Waals surface area contributed by atoms with Gasteiger partial charge in [0.05, 0.1) is 5.92 Å². The molecule has 19 heavy (non-hydrogen) atoms. The maximum Gasteiger partial charge on any atom is 0.308 e. The Balaban J connectivity index is 1.82. The van der Waals surface area contributed by atoms with Crippen LogP contribution in [-0.4, -0.2) is 35.0 Å². The summed E-state index contributed by atoms with van der Waals surface area (Å²) in [6.45, 7) is 0.900. The molecule has 1 saturated heterocycles. The molecule has 1 N–H and O–H groups in total. The van der Waals surface area contributed by atoms with Gasteiger partial charge in [-0.25, -0.2) is 0 Å². The molecule has 2 aliphatic rings. The van der Waals surface area contributed by atoms with E-state index in [1.807, 2.05) is 12.1 Å². The molecule has 0 bridgehead atoms. The first-order valence-corrected chi connectivity index (χ1v) is 6.79. The van der Waals surface area contributed by atoms with Crippen molar-refractivity contribution in [1.82, 2.24) is 4.90 Å². The molecular formula is C15H17NO3. The highest BCUT2D eigenvalue weighted by Gasteiger charge is 2.32. The molecule has 1 aliphatic carbocycles. The van der Waals surface area contributed by atoms with E-state index >= 15 is 0 Å². The molecule has 100 valence electrons. The Hall–Kier alpha value is -1.84. The lowest BCUT2D eigenvalue weighted by Gasteiger charge is -2.18. The van der Waals surface area contributed by atoms with Crippen molar-refractivity contribution in [3.63, 3.8) is 0 Å². The monoisotopic (exact) mass is 259 g/mol. The van der Waals surface area contributed by atoms with Gasteiger partial charge in [-0.3, -0.25) is 9.59 Å². The smallest absolute Gasteiger partial charge is 0.308 e. The lowest BCUT2D eigenvalue weighted by atomic mass is 10.0. The minimum atomic E-state index is -0.798. The van der Waals surface area contributed by atoms with E-state index < -0.39 is 11.9 Å². The largest absolute Gasteiger partial charge is 0.481 e. The minimum absolute atomic E-state index is 0.00231. The normalized spacial score (nSPS) is 21.5. The Labute approximate surface area is 112 Å². The predicted molar refractivity (Wildman–Crippen MR) is 70.1 cm³/mol. The first kappa shape index (κ1) is 12.2. The van der Waals surface area contributed by atoms with Gasteiger partial charge in [-0.15, -0.1) is 0 Å².